The number of carbonyl (C=O) groups excluding carboxylic acids is 1. The maximum Gasteiger partial charge on any atom is 0.337 e. The number of carboxylic acids is 1. The Bertz CT molecular complexity index is 855. The van der Waals surface area contributed by atoms with Crippen molar-refractivity contribution >= 4 is 46.5 Å². The van der Waals surface area contributed by atoms with Crippen molar-refractivity contribution in [3.05, 3.63) is 58.6 Å². The molecule has 0 aromatic heterocycles. The maximum absolute atomic E-state index is 12.3. The highest BCUT2D eigenvalue weighted by molar-refractivity contribution is 7.80. The van der Waals surface area contributed by atoms with E-state index in [2.05, 4.69) is 10.6 Å². The van der Waals surface area contributed by atoms with Crippen LogP contribution in [0.1, 0.15) is 41.0 Å². The molecular formula is C19H19ClN2O4S. The first-order valence-electron chi connectivity index (χ1n) is 8.22. The van der Waals surface area contributed by atoms with Crippen LogP contribution in [0.2, 0.25) is 5.02 Å². The van der Waals surface area contributed by atoms with Crippen molar-refractivity contribution in [2.75, 3.05) is 5.32 Å². The number of ether oxygens (including phenoxy) is 1. The van der Waals surface area contributed by atoms with Crippen LogP contribution in [0.25, 0.3) is 0 Å². The van der Waals surface area contributed by atoms with Gasteiger partial charge < -0.3 is 15.2 Å². The third-order valence-corrected chi connectivity index (χ3v) is 4.24. The number of halogens is 1. The van der Waals surface area contributed by atoms with E-state index in [1.807, 2.05) is 13.8 Å². The fourth-order valence-corrected chi connectivity index (χ4v) is 2.51. The van der Waals surface area contributed by atoms with Gasteiger partial charge in [0.1, 0.15) is 5.75 Å². The van der Waals surface area contributed by atoms with Crippen LogP contribution in [0.15, 0.2) is 42.5 Å². The Labute approximate surface area is 167 Å². The van der Waals surface area contributed by atoms with Crippen molar-refractivity contribution in [2.24, 2.45) is 0 Å². The Hall–Kier alpha value is -2.64. The van der Waals surface area contributed by atoms with Crippen molar-refractivity contribution in [3.8, 4) is 5.75 Å². The first kappa shape index (κ1) is 20.7. The minimum absolute atomic E-state index is 0.0404. The standard InChI is InChI=1S/C19H19ClN2O4S/c1-3-11(2)26-14-7-4-12(5-8-14)17(23)22-19(27)21-13-6-9-16(20)15(10-13)18(24)25/h4-11H,3H2,1-2H3,(H,24,25)(H2,21,22,23,27)/t11-/m0/s1. The molecule has 0 aliphatic rings. The van der Waals surface area contributed by atoms with Crippen molar-refractivity contribution in [1.82, 2.24) is 5.32 Å². The lowest BCUT2D eigenvalue weighted by Crippen LogP contribution is -2.34. The number of rotatable bonds is 6. The number of amides is 1. The van der Waals surface area contributed by atoms with E-state index in [0.29, 0.717) is 17.0 Å². The van der Waals surface area contributed by atoms with Crippen LogP contribution in [-0.2, 0) is 0 Å². The molecule has 0 aliphatic heterocycles. The monoisotopic (exact) mass is 406 g/mol. The molecule has 1 atom stereocenters. The molecule has 2 aromatic carbocycles. The summed E-state index contributed by atoms with van der Waals surface area (Å²) in [5.41, 5.74) is 0.755. The van der Waals surface area contributed by atoms with Gasteiger partial charge >= 0.3 is 5.97 Å². The second-order valence-electron chi connectivity index (χ2n) is 5.77. The Kier molecular flexibility index (Phi) is 7.15. The SMILES string of the molecule is CC[C@H](C)Oc1ccc(C(=O)NC(=S)Nc2ccc(Cl)c(C(=O)O)c2)cc1. The molecule has 2 aromatic rings. The quantitative estimate of drug-likeness (QED) is 0.618. The predicted molar refractivity (Wildman–Crippen MR) is 109 cm³/mol. The van der Waals surface area contributed by atoms with Gasteiger partial charge in [0.15, 0.2) is 5.11 Å². The van der Waals surface area contributed by atoms with E-state index in [4.69, 9.17) is 33.7 Å². The predicted octanol–water partition coefficient (Wildman–Crippen LogP) is 4.34. The number of anilines is 1. The molecule has 142 valence electrons. The van der Waals surface area contributed by atoms with Crippen molar-refractivity contribution < 1.29 is 19.4 Å². The zero-order chi connectivity index (χ0) is 20.0. The van der Waals surface area contributed by atoms with Gasteiger partial charge in [0.25, 0.3) is 5.91 Å². The minimum atomic E-state index is -1.15. The van der Waals surface area contributed by atoms with Gasteiger partial charge in [-0.25, -0.2) is 4.79 Å². The Morgan fingerprint density at radius 1 is 1.22 bits per heavy atom. The average molecular weight is 407 g/mol. The van der Waals surface area contributed by atoms with Crippen LogP contribution in [0.3, 0.4) is 0 Å². The van der Waals surface area contributed by atoms with E-state index in [1.165, 1.54) is 12.1 Å². The molecule has 6 nitrogen and oxygen atoms in total. The number of benzene rings is 2. The largest absolute Gasteiger partial charge is 0.491 e. The van der Waals surface area contributed by atoms with Crippen molar-refractivity contribution in [3.63, 3.8) is 0 Å². The topological polar surface area (TPSA) is 87.7 Å². The number of aromatic carboxylic acids is 1. The normalized spacial score (nSPS) is 11.4. The summed E-state index contributed by atoms with van der Waals surface area (Å²) >= 11 is 10.9. The van der Waals surface area contributed by atoms with Crippen LogP contribution in [-0.4, -0.2) is 28.2 Å². The van der Waals surface area contributed by atoms with Gasteiger partial charge in [0.2, 0.25) is 0 Å². The zero-order valence-electron chi connectivity index (χ0n) is 14.8. The van der Waals surface area contributed by atoms with Gasteiger partial charge in [-0.05, 0) is 68.0 Å². The first-order chi connectivity index (χ1) is 12.8. The molecule has 3 N–H and O–H groups in total. The molecule has 0 spiro atoms. The molecule has 2 rings (SSSR count). The zero-order valence-corrected chi connectivity index (χ0v) is 16.4. The maximum atomic E-state index is 12.3. The lowest BCUT2D eigenvalue weighted by Gasteiger charge is -2.13. The van der Waals surface area contributed by atoms with Gasteiger partial charge in [0.05, 0.1) is 16.7 Å². The second-order valence-corrected chi connectivity index (χ2v) is 6.58. The average Bonchev–Trinajstić information content (AvgIpc) is 2.63. The number of nitrogens with one attached hydrogen (secondary N) is 2. The number of carbonyl (C=O) groups is 2. The molecule has 0 bridgehead atoms. The van der Waals surface area contributed by atoms with Gasteiger partial charge in [-0.3, -0.25) is 10.1 Å². The van der Waals surface area contributed by atoms with Crippen LogP contribution < -0.4 is 15.4 Å². The van der Waals surface area contributed by atoms with Crippen molar-refractivity contribution in [2.45, 2.75) is 26.4 Å². The van der Waals surface area contributed by atoms with Gasteiger partial charge in [0, 0.05) is 11.3 Å². The summed E-state index contributed by atoms with van der Waals surface area (Å²) in [5.74, 6) is -0.864. The number of hydrogen-bond donors (Lipinski definition) is 3. The highest BCUT2D eigenvalue weighted by atomic mass is 35.5. The van der Waals surface area contributed by atoms with Crippen LogP contribution in [0.4, 0.5) is 5.69 Å². The number of carboxylic acid groups (broad SMARTS) is 1. The van der Waals surface area contributed by atoms with E-state index >= 15 is 0 Å². The van der Waals surface area contributed by atoms with Crippen molar-refractivity contribution in [1.29, 1.82) is 0 Å². The highest BCUT2D eigenvalue weighted by Gasteiger charge is 2.12. The molecule has 0 saturated carbocycles. The van der Waals surface area contributed by atoms with Crippen LogP contribution in [0, 0.1) is 0 Å². The molecule has 0 heterocycles. The Morgan fingerprint density at radius 3 is 2.48 bits per heavy atom. The fraction of sp³-hybridized carbons (Fsp3) is 0.211. The molecule has 0 aliphatic carbocycles. The van der Waals surface area contributed by atoms with Gasteiger partial charge in [-0.2, -0.15) is 0 Å². The molecule has 27 heavy (non-hydrogen) atoms. The lowest BCUT2D eigenvalue weighted by molar-refractivity contribution is 0.0697. The smallest absolute Gasteiger partial charge is 0.337 e. The molecular weight excluding hydrogens is 388 g/mol. The molecule has 0 radical (unpaired) electrons. The number of hydrogen-bond acceptors (Lipinski definition) is 4. The van der Waals surface area contributed by atoms with E-state index in [0.717, 1.165) is 6.42 Å². The summed E-state index contributed by atoms with van der Waals surface area (Å²) in [6, 6.07) is 11.1. The highest BCUT2D eigenvalue weighted by Crippen LogP contribution is 2.20. The van der Waals surface area contributed by atoms with Gasteiger partial charge in [-0.1, -0.05) is 18.5 Å². The summed E-state index contributed by atoms with van der Waals surface area (Å²) in [4.78, 5) is 23.4. The summed E-state index contributed by atoms with van der Waals surface area (Å²) in [6.45, 7) is 4.00. The molecule has 0 fully saturated rings. The third-order valence-electron chi connectivity index (χ3n) is 3.71. The molecule has 0 unspecified atom stereocenters. The van der Waals surface area contributed by atoms with Gasteiger partial charge in [-0.15, -0.1) is 0 Å². The summed E-state index contributed by atoms with van der Waals surface area (Å²) in [6.07, 6.45) is 0.979. The van der Waals surface area contributed by atoms with E-state index in [-0.39, 0.29) is 21.8 Å². The molecule has 1 amide bonds. The number of thiocarbonyl (C=S) groups is 1. The molecule has 8 heteroatoms. The Morgan fingerprint density at radius 2 is 1.89 bits per heavy atom. The van der Waals surface area contributed by atoms with E-state index in [1.54, 1.807) is 30.3 Å². The fourth-order valence-electron chi connectivity index (χ4n) is 2.11. The summed E-state index contributed by atoms with van der Waals surface area (Å²) in [5, 5.41) is 14.5. The summed E-state index contributed by atoms with van der Waals surface area (Å²) in [7, 11) is 0. The lowest BCUT2D eigenvalue weighted by atomic mass is 10.2. The summed E-state index contributed by atoms with van der Waals surface area (Å²) < 4.78 is 5.67. The molecule has 0 saturated heterocycles. The third kappa shape index (κ3) is 5.94. The minimum Gasteiger partial charge on any atom is -0.491 e. The van der Waals surface area contributed by atoms with Crippen LogP contribution in [0.5, 0.6) is 5.75 Å². The van der Waals surface area contributed by atoms with E-state index < -0.39 is 11.9 Å². The van der Waals surface area contributed by atoms with E-state index in [9.17, 15) is 9.59 Å². The Balaban J connectivity index is 1.98. The second kappa shape index (κ2) is 9.34. The van der Waals surface area contributed by atoms with Crippen LogP contribution >= 0.6 is 23.8 Å². The first-order valence-corrected chi connectivity index (χ1v) is 9.00.